The molecule has 2 heterocycles. The second kappa shape index (κ2) is 8.11. The Bertz CT molecular complexity index is 1130. The van der Waals surface area contributed by atoms with Gasteiger partial charge in [0.15, 0.2) is 11.5 Å². The third kappa shape index (κ3) is 3.71. The summed E-state index contributed by atoms with van der Waals surface area (Å²) < 4.78 is 6.88. The molecule has 1 aliphatic heterocycles. The summed E-state index contributed by atoms with van der Waals surface area (Å²) in [5.41, 5.74) is 2.82. The first kappa shape index (κ1) is 20.4. The number of carbonyl (C=O) groups excluding carboxylic acids is 2. The quantitative estimate of drug-likeness (QED) is 0.654. The summed E-state index contributed by atoms with van der Waals surface area (Å²) in [6.45, 7) is -0.0832. The van der Waals surface area contributed by atoms with Crippen LogP contribution in [0.15, 0.2) is 54.9 Å². The zero-order valence-corrected chi connectivity index (χ0v) is 17.4. The van der Waals surface area contributed by atoms with E-state index in [0.29, 0.717) is 11.5 Å². The molecule has 2 aromatic carbocycles. The number of amides is 2. The number of nitrogens with zero attached hydrogens (tertiary/aromatic N) is 4. The average Bonchev–Trinajstić information content (AvgIpc) is 3.20. The van der Waals surface area contributed by atoms with Gasteiger partial charge < -0.3 is 24.6 Å². The molecule has 0 radical (unpaired) electrons. The Morgan fingerprint density at radius 2 is 1.84 bits per heavy atom. The van der Waals surface area contributed by atoms with Crippen LogP contribution < -0.4 is 15.0 Å². The molecule has 31 heavy (non-hydrogen) atoms. The highest BCUT2D eigenvalue weighted by Crippen LogP contribution is 2.30. The third-order valence-corrected chi connectivity index (χ3v) is 5.27. The van der Waals surface area contributed by atoms with Gasteiger partial charge in [0.2, 0.25) is 12.3 Å². The molecule has 160 valence electrons. The molecule has 0 fully saturated rings. The van der Waals surface area contributed by atoms with Crippen molar-refractivity contribution in [1.82, 2.24) is 14.5 Å². The number of aromatic nitrogens is 2. The lowest BCUT2D eigenvalue weighted by atomic mass is 10.0. The Hall–Kier alpha value is -3.85. The number of fused-ring (bicyclic) bond motifs is 1. The molecule has 9 heteroatoms. The number of carbonyl (C=O) groups is 2. The number of imidazole rings is 1. The summed E-state index contributed by atoms with van der Waals surface area (Å²) in [5, 5.41) is 12.9. The van der Waals surface area contributed by atoms with Crippen molar-refractivity contribution < 1.29 is 19.4 Å². The van der Waals surface area contributed by atoms with Gasteiger partial charge in [-0.15, -0.1) is 0 Å². The number of hydrogen-bond donors (Lipinski definition) is 2. The molecule has 0 bridgehead atoms. The molecule has 0 saturated heterocycles. The van der Waals surface area contributed by atoms with E-state index in [1.807, 2.05) is 48.5 Å². The third-order valence-electron chi connectivity index (χ3n) is 5.27. The van der Waals surface area contributed by atoms with Crippen molar-refractivity contribution in [3.05, 3.63) is 60.6 Å². The first-order valence-corrected chi connectivity index (χ1v) is 9.67. The minimum Gasteiger partial charge on any atom is -0.496 e. The van der Waals surface area contributed by atoms with Crippen molar-refractivity contribution in [2.45, 2.75) is 12.9 Å². The standard InChI is InChI=1S/C22H23N5O4/c1-25-20-19(21(29)26(2)22(25)30)27(13-23-20)12-18(28)24-15-10-8-14(9-11-15)16-6-4-5-7-17(16)31-3/h4-11,13,22,30H,12H2,1-3H3,(H,24,28). The lowest BCUT2D eigenvalue weighted by molar-refractivity contribution is -0.116. The molecule has 1 atom stereocenters. The second-order valence-corrected chi connectivity index (χ2v) is 7.24. The van der Waals surface area contributed by atoms with E-state index in [-0.39, 0.29) is 18.1 Å². The molecule has 2 amide bonds. The van der Waals surface area contributed by atoms with Crippen LogP contribution in [-0.4, -0.2) is 58.9 Å². The van der Waals surface area contributed by atoms with Crippen molar-refractivity contribution in [2.75, 3.05) is 31.4 Å². The molecule has 4 rings (SSSR count). The normalized spacial score (nSPS) is 15.6. The minimum absolute atomic E-state index is 0.0832. The number of ether oxygens (including phenoxy) is 1. The summed E-state index contributed by atoms with van der Waals surface area (Å²) in [6.07, 6.45) is 0.328. The first-order valence-electron chi connectivity index (χ1n) is 9.67. The summed E-state index contributed by atoms with van der Waals surface area (Å²) >= 11 is 0. The predicted molar refractivity (Wildman–Crippen MR) is 116 cm³/mol. The molecule has 0 spiro atoms. The van der Waals surface area contributed by atoms with Gasteiger partial charge >= 0.3 is 0 Å². The number of rotatable bonds is 5. The van der Waals surface area contributed by atoms with Gasteiger partial charge in [0.25, 0.3) is 5.91 Å². The SMILES string of the molecule is COc1ccccc1-c1ccc(NC(=O)Cn2cnc3c2C(=O)N(C)C(O)N3C)cc1. The number of methoxy groups -OCH3 is 1. The van der Waals surface area contributed by atoms with Gasteiger partial charge in [-0.3, -0.25) is 14.5 Å². The van der Waals surface area contributed by atoms with Gasteiger partial charge in [0, 0.05) is 25.3 Å². The average molecular weight is 421 g/mol. The van der Waals surface area contributed by atoms with Crippen molar-refractivity contribution >= 4 is 23.3 Å². The highest BCUT2D eigenvalue weighted by molar-refractivity contribution is 6.00. The van der Waals surface area contributed by atoms with E-state index >= 15 is 0 Å². The smallest absolute Gasteiger partial charge is 0.277 e. The van der Waals surface area contributed by atoms with Crippen molar-refractivity contribution in [1.29, 1.82) is 0 Å². The van der Waals surface area contributed by atoms with Crippen LogP contribution in [0, 0.1) is 0 Å². The predicted octanol–water partition coefficient (Wildman–Crippen LogP) is 2.00. The van der Waals surface area contributed by atoms with Crippen LogP contribution in [0.1, 0.15) is 10.5 Å². The number of hydrogen-bond acceptors (Lipinski definition) is 6. The maximum absolute atomic E-state index is 12.6. The van der Waals surface area contributed by atoms with Crippen LogP contribution in [-0.2, 0) is 11.3 Å². The number of aliphatic hydroxyl groups excluding tert-OH is 1. The number of anilines is 2. The molecule has 0 aliphatic carbocycles. The summed E-state index contributed by atoms with van der Waals surface area (Å²) in [4.78, 5) is 32.0. The summed E-state index contributed by atoms with van der Waals surface area (Å²) in [7, 11) is 4.75. The molecular formula is C22H23N5O4. The van der Waals surface area contributed by atoms with Crippen molar-refractivity contribution in [3.8, 4) is 16.9 Å². The van der Waals surface area contributed by atoms with Gasteiger partial charge in [0.05, 0.1) is 13.4 Å². The lowest BCUT2D eigenvalue weighted by Gasteiger charge is -2.36. The molecule has 9 nitrogen and oxygen atoms in total. The summed E-state index contributed by atoms with van der Waals surface area (Å²) in [5.74, 6) is 0.417. The van der Waals surface area contributed by atoms with E-state index in [4.69, 9.17) is 4.74 Å². The number of aliphatic hydroxyl groups is 1. The van der Waals surface area contributed by atoms with E-state index in [9.17, 15) is 14.7 Å². The Kier molecular flexibility index (Phi) is 5.35. The number of benzene rings is 2. The highest BCUT2D eigenvalue weighted by Gasteiger charge is 2.36. The lowest BCUT2D eigenvalue weighted by Crippen LogP contribution is -2.52. The Morgan fingerprint density at radius 3 is 2.55 bits per heavy atom. The number of nitrogens with one attached hydrogen (secondary N) is 1. The van der Waals surface area contributed by atoms with E-state index in [1.165, 1.54) is 27.7 Å². The largest absolute Gasteiger partial charge is 0.496 e. The molecule has 1 aromatic heterocycles. The molecule has 1 aliphatic rings. The molecule has 1 unspecified atom stereocenters. The van der Waals surface area contributed by atoms with Gasteiger partial charge in [0.1, 0.15) is 12.3 Å². The monoisotopic (exact) mass is 421 g/mol. The topological polar surface area (TPSA) is 99.9 Å². The minimum atomic E-state index is -1.10. The maximum Gasteiger partial charge on any atom is 0.277 e. The Labute approximate surface area is 179 Å². The molecular weight excluding hydrogens is 398 g/mol. The fraction of sp³-hybridized carbons (Fsp3) is 0.227. The van der Waals surface area contributed by atoms with Crippen LogP contribution in [0.2, 0.25) is 0 Å². The van der Waals surface area contributed by atoms with Crippen LogP contribution in [0.5, 0.6) is 5.75 Å². The fourth-order valence-corrected chi connectivity index (χ4v) is 3.58. The molecule has 3 aromatic rings. The van der Waals surface area contributed by atoms with E-state index in [0.717, 1.165) is 16.9 Å². The zero-order valence-electron chi connectivity index (χ0n) is 17.4. The van der Waals surface area contributed by atoms with Gasteiger partial charge in [-0.2, -0.15) is 0 Å². The van der Waals surface area contributed by atoms with Gasteiger partial charge in [-0.05, 0) is 23.8 Å². The van der Waals surface area contributed by atoms with Crippen molar-refractivity contribution in [2.24, 2.45) is 0 Å². The number of para-hydroxylation sites is 1. The zero-order chi connectivity index (χ0) is 22.1. The fourth-order valence-electron chi connectivity index (χ4n) is 3.58. The van der Waals surface area contributed by atoms with Gasteiger partial charge in [-0.1, -0.05) is 30.3 Å². The van der Waals surface area contributed by atoms with E-state index in [2.05, 4.69) is 10.3 Å². The van der Waals surface area contributed by atoms with Crippen LogP contribution >= 0.6 is 0 Å². The Morgan fingerprint density at radius 1 is 1.13 bits per heavy atom. The second-order valence-electron chi connectivity index (χ2n) is 7.24. The maximum atomic E-state index is 12.6. The van der Waals surface area contributed by atoms with Gasteiger partial charge in [-0.25, -0.2) is 4.98 Å². The van der Waals surface area contributed by atoms with Crippen LogP contribution in [0.4, 0.5) is 11.5 Å². The van der Waals surface area contributed by atoms with Crippen molar-refractivity contribution in [3.63, 3.8) is 0 Å². The highest BCUT2D eigenvalue weighted by atomic mass is 16.5. The Balaban J connectivity index is 1.48. The van der Waals surface area contributed by atoms with E-state index in [1.54, 1.807) is 14.2 Å². The molecule has 2 N–H and O–H groups in total. The van der Waals surface area contributed by atoms with Crippen LogP contribution in [0.3, 0.4) is 0 Å². The molecule has 0 saturated carbocycles. The van der Waals surface area contributed by atoms with E-state index < -0.39 is 12.3 Å². The summed E-state index contributed by atoms with van der Waals surface area (Å²) in [6, 6.07) is 15.1. The first-order chi connectivity index (χ1) is 14.9. The van der Waals surface area contributed by atoms with Crippen LogP contribution in [0.25, 0.3) is 11.1 Å².